The fourth-order valence-corrected chi connectivity index (χ4v) is 4.88. The van der Waals surface area contributed by atoms with Gasteiger partial charge in [-0.2, -0.15) is 0 Å². The van der Waals surface area contributed by atoms with E-state index in [9.17, 15) is 20.1 Å². The van der Waals surface area contributed by atoms with Gasteiger partial charge < -0.3 is 20.1 Å². The summed E-state index contributed by atoms with van der Waals surface area (Å²) in [7, 11) is 0. The van der Waals surface area contributed by atoms with E-state index < -0.39 is 17.7 Å². The van der Waals surface area contributed by atoms with Crippen LogP contribution in [0.5, 0.6) is 5.75 Å². The van der Waals surface area contributed by atoms with E-state index >= 15 is 0 Å². The Hall–Kier alpha value is -1.85. The van der Waals surface area contributed by atoms with Gasteiger partial charge in [-0.3, -0.25) is 0 Å². The van der Waals surface area contributed by atoms with E-state index in [0.717, 1.165) is 31.2 Å². The van der Waals surface area contributed by atoms with Crippen molar-refractivity contribution < 1.29 is 24.9 Å². The monoisotopic (exact) mass is 416 g/mol. The highest BCUT2D eigenvalue weighted by atomic mass is 16.5. The number of carbonyl (C=O) groups is 1. The number of benzene rings is 1. The molecule has 5 atom stereocenters. The van der Waals surface area contributed by atoms with Crippen LogP contribution in [0.15, 0.2) is 24.3 Å². The van der Waals surface area contributed by atoms with Gasteiger partial charge >= 0.3 is 5.97 Å². The maximum absolute atomic E-state index is 11.5. The molecule has 3 N–H and O–H groups in total. The molecule has 0 saturated heterocycles. The smallest absolute Gasteiger partial charge is 0.336 e. The summed E-state index contributed by atoms with van der Waals surface area (Å²) in [4.78, 5) is 11.5. The Morgan fingerprint density at radius 1 is 1.37 bits per heavy atom. The minimum Gasteiger partial charge on any atom is -0.489 e. The minimum absolute atomic E-state index is 0.00976. The average molecular weight is 417 g/mol. The molecule has 5 nitrogen and oxygen atoms in total. The molecule has 1 aromatic carbocycles. The zero-order valence-corrected chi connectivity index (χ0v) is 18.6. The Balaban J connectivity index is 1.71. The van der Waals surface area contributed by atoms with Gasteiger partial charge in [-0.15, -0.1) is 0 Å². The summed E-state index contributed by atoms with van der Waals surface area (Å²) in [5, 5.41) is 30.7. The Kier molecular flexibility index (Phi) is 6.93. The number of carboxylic acids is 1. The molecule has 0 spiro atoms. The van der Waals surface area contributed by atoms with E-state index in [2.05, 4.69) is 19.9 Å². The second-order valence-corrected chi connectivity index (χ2v) is 9.83. The van der Waals surface area contributed by atoms with E-state index in [4.69, 9.17) is 4.74 Å². The normalized spacial score (nSPS) is 28.0. The Bertz CT molecular complexity index is 795. The van der Waals surface area contributed by atoms with Crippen LogP contribution in [0.3, 0.4) is 0 Å². The minimum atomic E-state index is -0.948. The van der Waals surface area contributed by atoms with E-state index in [0.29, 0.717) is 30.1 Å². The summed E-state index contributed by atoms with van der Waals surface area (Å²) < 4.78 is 6.31. The first-order valence-corrected chi connectivity index (χ1v) is 11.2. The van der Waals surface area contributed by atoms with Crippen LogP contribution < -0.4 is 4.74 Å². The van der Waals surface area contributed by atoms with Gasteiger partial charge in [0.15, 0.2) is 0 Å². The zero-order chi connectivity index (χ0) is 22.1. The van der Waals surface area contributed by atoms with Crippen LogP contribution >= 0.6 is 0 Å². The van der Waals surface area contributed by atoms with Crippen molar-refractivity contribution in [2.24, 2.45) is 17.8 Å². The lowest BCUT2D eigenvalue weighted by Gasteiger charge is -2.24. The third-order valence-corrected chi connectivity index (χ3v) is 6.80. The molecule has 0 radical (unpaired) electrons. The van der Waals surface area contributed by atoms with Gasteiger partial charge in [0.1, 0.15) is 11.9 Å². The summed E-state index contributed by atoms with van der Waals surface area (Å²) in [6.45, 7) is 7.99. The van der Waals surface area contributed by atoms with Crippen LogP contribution in [0, 0.1) is 24.7 Å². The molecule has 1 fully saturated rings. The van der Waals surface area contributed by atoms with Crippen LogP contribution in [0.25, 0.3) is 0 Å². The van der Waals surface area contributed by atoms with Gasteiger partial charge in [0.2, 0.25) is 0 Å². The van der Waals surface area contributed by atoms with Crippen LogP contribution in [0.2, 0.25) is 0 Å². The van der Waals surface area contributed by atoms with Gasteiger partial charge in [0.05, 0.1) is 17.3 Å². The van der Waals surface area contributed by atoms with E-state index in [-0.39, 0.29) is 23.5 Å². The number of aromatic carboxylic acids is 1. The number of hydrogen-bond donors (Lipinski definition) is 3. The molecule has 0 aromatic heterocycles. The molecule has 0 bridgehead atoms. The quantitative estimate of drug-likeness (QED) is 0.569. The number of aliphatic hydroxyl groups excluding tert-OH is 1. The molecule has 5 heteroatoms. The zero-order valence-electron chi connectivity index (χ0n) is 18.6. The fourth-order valence-electron chi connectivity index (χ4n) is 4.88. The third kappa shape index (κ3) is 5.06. The maximum atomic E-state index is 11.5. The molecule has 30 heavy (non-hydrogen) atoms. The maximum Gasteiger partial charge on any atom is 0.336 e. The largest absolute Gasteiger partial charge is 0.489 e. The number of hydrogen-bond acceptors (Lipinski definition) is 4. The second kappa shape index (κ2) is 9.11. The molecule has 2 aliphatic rings. The van der Waals surface area contributed by atoms with Crippen molar-refractivity contribution in [2.75, 3.05) is 0 Å². The SMILES string of the molecule is Cc1c(C(=O)O)ccc2c1O[C@H]1C[C@@H](O)[C@H](/C=C/CC(C)(O)CCC(C)C)[C@H]1CC2. The molecular formula is C25H36O5. The average Bonchev–Trinajstić information content (AvgIpc) is 2.83. The molecule has 0 amide bonds. The topological polar surface area (TPSA) is 87.0 Å². The molecular weight excluding hydrogens is 380 g/mol. The summed E-state index contributed by atoms with van der Waals surface area (Å²) >= 11 is 0. The van der Waals surface area contributed by atoms with Crippen molar-refractivity contribution in [1.82, 2.24) is 0 Å². The van der Waals surface area contributed by atoms with Crippen molar-refractivity contribution in [3.05, 3.63) is 41.0 Å². The number of aryl methyl sites for hydroxylation is 1. The van der Waals surface area contributed by atoms with E-state index in [1.807, 2.05) is 19.1 Å². The molecule has 1 aliphatic carbocycles. The first-order chi connectivity index (χ1) is 14.1. The first kappa shape index (κ1) is 22.8. The predicted octanol–water partition coefficient (Wildman–Crippen LogP) is 4.52. The first-order valence-electron chi connectivity index (χ1n) is 11.2. The van der Waals surface area contributed by atoms with E-state index in [1.54, 1.807) is 13.0 Å². The number of carboxylic acid groups (broad SMARTS) is 1. The number of rotatable bonds is 7. The molecule has 1 unspecified atom stereocenters. The van der Waals surface area contributed by atoms with Crippen molar-refractivity contribution in [1.29, 1.82) is 0 Å². The van der Waals surface area contributed by atoms with Gasteiger partial charge in [-0.05, 0) is 63.5 Å². The molecule has 1 heterocycles. The highest BCUT2D eigenvalue weighted by Gasteiger charge is 2.44. The van der Waals surface area contributed by atoms with Crippen LogP contribution in [0.1, 0.15) is 74.4 Å². The summed E-state index contributed by atoms with van der Waals surface area (Å²) in [5.41, 5.74) is 1.24. The van der Waals surface area contributed by atoms with Crippen LogP contribution in [-0.4, -0.2) is 39.1 Å². The Morgan fingerprint density at radius 3 is 2.77 bits per heavy atom. The highest BCUT2D eigenvalue weighted by Crippen LogP contribution is 2.44. The molecule has 3 rings (SSSR count). The van der Waals surface area contributed by atoms with Gasteiger partial charge in [0, 0.05) is 23.8 Å². The lowest BCUT2D eigenvalue weighted by Crippen LogP contribution is -2.25. The standard InChI is InChI=1S/C25H36O5/c1-15(2)11-13-25(4,29)12-5-6-19-20-10-8-17-7-9-18(24(27)28)16(3)23(17)30-22(20)14-21(19)26/h5-7,9,15,19-22,26,29H,8,10-14H2,1-4H3,(H,27,28)/b6-5+/t19-,20-,21-,22+,25?/m1/s1. The van der Waals surface area contributed by atoms with Crippen molar-refractivity contribution >= 4 is 5.97 Å². The second-order valence-electron chi connectivity index (χ2n) is 9.83. The van der Waals surface area contributed by atoms with Crippen molar-refractivity contribution in [3.8, 4) is 5.75 Å². The number of aliphatic hydroxyl groups is 2. The van der Waals surface area contributed by atoms with Crippen LogP contribution in [-0.2, 0) is 6.42 Å². The van der Waals surface area contributed by atoms with Gasteiger partial charge in [0.25, 0.3) is 0 Å². The van der Waals surface area contributed by atoms with Gasteiger partial charge in [-0.1, -0.05) is 32.1 Å². The highest BCUT2D eigenvalue weighted by molar-refractivity contribution is 5.90. The molecule has 1 aliphatic heterocycles. The number of ether oxygens (including phenoxy) is 1. The van der Waals surface area contributed by atoms with Crippen molar-refractivity contribution in [2.45, 2.75) is 84.0 Å². The number of fused-ring (bicyclic) bond motifs is 2. The van der Waals surface area contributed by atoms with Crippen molar-refractivity contribution in [3.63, 3.8) is 0 Å². The lowest BCUT2D eigenvalue weighted by atomic mass is 9.87. The predicted molar refractivity (Wildman–Crippen MR) is 117 cm³/mol. The Morgan fingerprint density at radius 2 is 2.10 bits per heavy atom. The molecule has 166 valence electrons. The Labute approximate surface area is 179 Å². The summed E-state index contributed by atoms with van der Waals surface area (Å²) in [5.74, 6) is 0.460. The van der Waals surface area contributed by atoms with Gasteiger partial charge in [-0.25, -0.2) is 4.79 Å². The fraction of sp³-hybridized carbons (Fsp3) is 0.640. The van der Waals surface area contributed by atoms with E-state index in [1.165, 1.54) is 0 Å². The van der Waals surface area contributed by atoms with Crippen LogP contribution in [0.4, 0.5) is 0 Å². The molecule has 1 aromatic rings. The summed E-state index contributed by atoms with van der Waals surface area (Å²) in [6, 6.07) is 3.52. The lowest BCUT2D eigenvalue weighted by molar-refractivity contribution is 0.0480. The molecule has 1 saturated carbocycles. The summed E-state index contributed by atoms with van der Waals surface area (Å²) in [6.07, 6.45) is 8.03. The third-order valence-electron chi connectivity index (χ3n) is 6.80.